The van der Waals surface area contributed by atoms with Gasteiger partial charge in [-0.3, -0.25) is 9.80 Å². The second kappa shape index (κ2) is 11.3. The maximum absolute atomic E-state index is 13.7. The van der Waals surface area contributed by atoms with E-state index in [2.05, 4.69) is 15.4 Å². The number of hydrogen-bond donors (Lipinski definition) is 0. The molecule has 0 spiro atoms. The number of morpholine rings is 1. The maximum atomic E-state index is 13.7. The van der Waals surface area contributed by atoms with E-state index in [-0.39, 0.29) is 24.8 Å². The summed E-state index contributed by atoms with van der Waals surface area (Å²) in [6.07, 6.45) is -12.7. The van der Waals surface area contributed by atoms with Crippen molar-refractivity contribution in [3.63, 3.8) is 0 Å². The lowest BCUT2D eigenvalue weighted by Gasteiger charge is -2.42. The summed E-state index contributed by atoms with van der Waals surface area (Å²) in [5.41, 5.74) is -2.01. The highest BCUT2D eigenvalue weighted by atomic mass is 19.4. The first-order chi connectivity index (χ1) is 18.2. The lowest BCUT2D eigenvalue weighted by Crippen LogP contribution is -2.50. The van der Waals surface area contributed by atoms with Gasteiger partial charge in [0, 0.05) is 13.1 Å². The van der Waals surface area contributed by atoms with Crippen molar-refractivity contribution in [2.45, 2.75) is 43.9 Å². The third-order valence-electron chi connectivity index (χ3n) is 6.43. The van der Waals surface area contributed by atoms with E-state index in [1.807, 2.05) is 9.80 Å². The molecule has 0 aromatic heterocycles. The molecule has 4 rings (SSSR count). The Labute approximate surface area is 219 Å². The predicted octanol–water partition coefficient (Wildman–Crippen LogP) is 6.05. The van der Waals surface area contributed by atoms with Gasteiger partial charge in [0.15, 0.2) is 12.5 Å². The van der Waals surface area contributed by atoms with E-state index < -0.39 is 53.9 Å². The van der Waals surface area contributed by atoms with Crippen LogP contribution in [0.3, 0.4) is 0 Å². The standard InChI is InChI=1S/C25H26F7N5O2/c1-14(16-10-17(24(27,28)29)12-18(11-16)25(30,31)32)39-23-21(15-4-6-19(26)7-5-15)37(8-9-38-23)13-20-22(36(2)3)34-35-33-20/h4-7,10-12,14,21-23H,8-9,13H2,1-3H3/t14-,21+,22?,23-/m1/s1. The minimum atomic E-state index is -4.99. The summed E-state index contributed by atoms with van der Waals surface area (Å²) in [6, 6.07) is 6.15. The van der Waals surface area contributed by atoms with Crippen molar-refractivity contribution in [1.82, 2.24) is 9.80 Å². The molecule has 1 saturated heterocycles. The molecule has 0 saturated carbocycles. The molecule has 14 heteroatoms. The van der Waals surface area contributed by atoms with Crippen LogP contribution in [0.15, 0.2) is 57.9 Å². The lowest BCUT2D eigenvalue weighted by molar-refractivity contribution is -0.227. The number of alkyl halides is 6. The van der Waals surface area contributed by atoms with Gasteiger partial charge < -0.3 is 9.47 Å². The Kier molecular flexibility index (Phi) is 8.40. The molecule has 0 N–H and O–H groups in total. The predicted molar refractivity (Wildman–Crippen MR) is 126 cm³/mol. The van der Waals surface area contributed by atoms with Crippen molar-refractivity contribution < 1.29 is 40.2 Å². The van der Waals surface area contributed by atoms with Gasteiger partial charge in [0.25, 0.3) is 0 Å². The molecule has 0 bridgehead atoms. The van der Waals surface area contributed by atoms with Gasteiger partial charge in [0.05, 0.1) is 35.6 Å². The first kappa shape index (κ1) is 29.1. The molecule has 7 nitrogen and oxygen atoms in total. The second-order valence-corrected chi connectivity index (χ2v) is 9.46. The zero-order valence-corrected chi connectivity index (χ0v) is 21.2. The molecule has 1 unspecified atom stereocenters. The summed E-state index contributed by atoms with van der Waals surface area (Å²) < 4.78 is 106. The molecule has 0 radical (unpaired) electrons. The Bertz CT molecular complexity index is 1180. The first-order valence-electron chi connectivity index (χ1n) is 11.9. The van der Waals surface area contributed by atoms with Crippen molar-refractivity contribution in [3.8, 4) is 0 Å². The van der Waals surface area contributed by atoms with Crippen LogP contribution in [0.4, 0.5) is 30.7 Å². The molecular formula is C25H26F7N5O2. The molecule has 212 valence electrons. The van der Waals surface area contributed by atoms with Gasteiger partial charge in [-0.25, -0.2) is 4.39 Å². The molecule has 2 aromatic rings. The molecule has 0 amide bonds. The zero-order chi connectivity index (χ0) is 28.5. The topological polar surface area (TPSA) is 62.0 Å². The lowest BCUT2D eigenvalue weighted by atomic mass is 10.0. The van der Waals surface area contributed by atoms with Gasteiger partial charge in [0.2, 0.25) is 0 Å². The van der Waals surface area contributed by atoms with Gasteiger partial charge in [0.1, 0.15) is 5.82 Å². The fraction of sp³-hybridized carbons (Fsp3) is 0.480. The fourth-order valence-corrected chi connectivity index (χ4v) is 4.47. The molecule has 39 heavy (non-hydrogen) atoms. The maximum Gasteiger partial charge on any atom is 0.416 e. The van der Waals surface area contributed by atoms with Gasteiger partial charge in [-0.15, -0.1) is 10.2 Å². The van der Waals surface area contributed by atoms with Crippen molar-refractivity contribution in [2.75, 3.05) is 33.8 Å². The smallest absolute Gasteiger partial charge is 0.349 e. The van der Waals surface area contributed by atoms with Crippen LogP contribution < -0.4 is 0 Å². The van der Waals surface area contributed by atoms with Crippen LogP contribution in [0.2, 0.25) is 0 Å². The summed E-state index contributed by atoms with van der Waals surface area (Å²) in [4.78, 5) is 3.73. The SMILES string of the molecule is C[C@@H](O[C@H]1OCCN(CC2=NN=NC2N(C)C)[C@H]1c1ccc(F)cc1)c1cc(C(F)(F)F)cc(C(F)(F)F)c1. The highest BCUT2D eigenvalue weighted by Crippen LogP contribution is 2.39. The van der Waals surface area contributed by atoms with E-state index in [0.29, 0.717) is 30.0 Å². The van der Waals surface area contributed by atoms with Crippen LogP contribution in [0.1, 0.15) is 41.3 Å². The minimum absolute atomic E-state index is 0.0655. The van der Waals surface area contributed by atoms with Gasteiger partial charge in [-0.1, -0.05) is 12.1 Å². The van der Waals surface area contributed by atoms with Crippen molar-refractivity contribution in [1.29, 1.82) is 0 Å². The van der Waals surface area contributed by atoms with Gasteiger partial charge in [-0.2, -0.15) is 26.3 Å². The van der Waals surface area contributed by atoms with Crippen LogP contribution in [-0.2, 0) is 21.8 Å². The molecule has 2 heterocycles. The molecular weight excluding hydrogens is 535 g/mol. The van der Waals surface area contributed by atoms with E-state index in [0.717, 1.165) is 0 Å². The van der Waals surface area contributed by atoms with E-state index in [9.17, 15) is 30.7 Å². The van der Waals surface area contributed by atoms with Crippen molar-refractivity contribution in [2.24, 2.45) is 15.4 Å². The monoisotopic (exact) mass is 561 g/mol. The first-order valence-corrected chi connectivity index (χ1v) is 11.9. The summed E-state index contributed by atoms with van der Waals surface area (Å²) in [6.45, 7) is 2.15. The molecule has 4 atom stereocenters. The van der Waals surface area contributed by atoms with E-state index in [1.54, 1.807) is 14.1 Å². The van der Waals surface area contributed by atoms with Crippen LogP contribution in [0.5, 0.6) is 0 Å². The summed E-state index contributed by atoms with van der Waals surface area (Å²) in [5.74, 6) is -0.484. The van der Waals surface area contributed by atoms with Crippen molar-refractivity contribution >= 4 is 5.71 Å². The normalized spacial score (nSPS) is 23.4. The van der Waals surface area contributed by atoms with E-state index >= 15 is 0 Å². The summed E-state index contributed by atoms with van der Waals surface area (Å²) in [5, 5.41) is 11.9. The second-order valence-electron chi connectivity index (χ2n) is 9.46. The molecule has 2 aliphatic heterocycles. The van der Waals surface area contributed by atoms with Crippen LogP contribution in [-0.4, -0.2) is 61.8 Å². The minimum Gasteiger partial charge on any atom is -0.349 e. The third-order valence-corrected chi connectivity index (χ3v) is 6.43. The average Bonchev–Trinajstić information content (AvgIpc) is 3.32. The number of benzene rings is 2. The largest absolute Gasteiger partial charge is 0.416 e. The number of halogens is 7. The van der Waals surface area contributed by atoms with Crippen molar-refractivity contribution in [3.05, 3.63) is 70.5 Å². The highest BCUT2D eigenvalue weighted by Gasteiger charge is 2.40. The van der Waals surface area contributed by atoms with Crippen LogP contribution in [0, 0.1) is 5.82 Å². The number of ether oxygens (including phenoxy) is 2. The molecule has 2 aromatic carbocycles. The number of nitrogens with zero attached hydrogens (tertiary/aromatic N) is 5. The molecule has 0 aliphatic carbocycles. The van der Waals surface area contributed by atoms with Crippen LogP contribution in [0.25, 0.3) is 0 Å². The van der Waals surface area contributed by atoms with E-state index in [4.69, 9.17) is 9.47 Å². The number of rotatable bonds is 7. The molecule has 1 fully saturated rings. The van der Waals surface area contributed by atoms with E-state index in [1.165, 1.54) is 31.2 Å². The summed E-state index contributed by atoms with van der Waals surface area (Å²) >= 11 is 0. The van der Waals surface area contributed by atoms with Gasteiger partial charge >= 0.3 is 12.4 Å². The Morgan fingerprint density at radius 2 is 1.64 bits per heavy atom. The average molecular weight is 562 g/mol. The fourth-order valence-electron chi connectivity index (χ4n) is 4.47. The Hall–Kier alpha value is -2.94. The molecule has 2 aliphatic rings. The van der Waals surface area contributed by atoms with Crippen LogP contribution >= 0.6 is 0 Å². The van der Waals surface area contributed by atoms with Gasteiger partial charge in [-0.05, 0) is 67.7 Å². The zero-order valence-electron chi connectivity index (χ0n) is 21.2. The number of hydrogen-bond acceptors (Lipinski definition) is 7. The Morgan fingerprint density at radius 3 is 2.21 bits per heavy atom. The summed E-state index contributed by atoms with van der Waals surface area (Å²) in [7, 11) is 3.61. The third kappa shape index (κ3) is 6.80. The Balaban J connectivity index is 1.65. The highest BCUT2D eigenvalue weighted by molar-refractivity contribution is 5.91. The Morgan fingerprint density at radius 1 is 1.03 bits per heavy atom. The quantitative estimate of drug-likeness (QED) is 0.387.